The van der Waals surface area contributed by atoms with Crippen LogP contribution in [0.15, 0.2) is 35.8 Å². The zero-order valence-corrected chi connectivity index (χ0v) is 9.29. The maximum Gasteiger partial charge on any atom is 0.150 e. The lowest BCUT2D eigenvalue weighted by Crippen LogP contribution is -2.27. The maximum absolute atomic E-state index is 5.92. The van der Waals surface area contributed by atoms with Crippen molar-refractivity contribution in [2.45, 2.75) is 20.8 Å². The number of nitrogens with one attached hydrogen (secondary N) is 1. The molecule has 0 spiro atoms. The van der Waals surface area contributed by atoms with Gasteiger partial charge in [-0.15, -0.1) is 0 Å². The predicted molar refractivity (Wildman–Crippen MR) is 61.4 cm³/mol. The van der Waals surface area contributed by atoms with Gasteiger partial charge in [0.15, 0.2) is 5.75 Å². The third kappa shape index (κ3) is 1.77. The molecule has 2 rings (SSSR count). The largest absolute Gasteiger partial charge is 0.455 e. The van der Waals surface area contributed by atoms with Crippen LogP contribution in [0.25, 0.3) is 0 Å². The number of fused-ring (bicyclic) bond motifs is 1. The zero-order valence-electron chi connectivity index (χ0n) is 9.29. The van der Waals surface area contributed by atoms with Crippen LogP contribution in [0.5, 0.6) is 5.75 Å². The van der Waals surface area contributed by atoms with Gasteiger partial charge in [-0.2, -0.15) is 0 Å². The zero-order chi connectivity index (χ0) is 11.1. The number of hydrogen-bond donors (Lipinski definition) is 2. The molecule has 0 amide bonds. The van der Waals surface area contributed by atoms with E-state index in [1.165, 1.54) is 0 Å². The number of anilines is 1. The average molecular weight is 204 g/mol. The van der Waals surface area contributed by atoms with E-state index in [2.05, 4.69) is 26.1 Å². The van der Waals surface area contributed by atoms with Gasteiger partial charge in [-0.3, -0.25) is 0 Å². The first-order valence-electron chi connectivity index (χ1n) is 5.02. The summed E-state index contributed by atoms with van der Waals surface area (Å²) in [6, 6.07) is 7.77. The quantitative estimate of drug-likeness (QED) is 0.683. The van der Waals surface area contributed by atoms with Gasteiger partial charge in [0.2, 0.25) is 0 Å². The van der Waals surface area contributed by atoms with Gasteiger partial charge in [-0.05, 0) is 12.1 Å². The summed E-state index contributed by atoms with van der Waals surface area (Å²) >= 11 is 0. The number of hydrogen-bond acceptors (Lipinski definition) is 3. The minimum atomic E-state index is -0.0926. The molecule has 0 saturated carbocycles. The molecule has 0 bridgehead atoms. The van der Waals surface area contributed by atoms with E-state index in [1.54, 1.807) is 0 Å². The first kappa shape index (κ1) is 9.90. The van der Waals surface area contributed by atoms with Crippen molar-refractivity contribution >= 4 is 5.69 Å². The predicted octanol–water partition coefficient (Wildman–Crippen LogP) is 2.66. The van der Waals surface area contributed by atoms with Crippen molar-refractivity contribution in [2.75, 3.05) is 5.32 Å². The summed E-state index contributed by atoms with van der Waals surface area (Å²) in [7, 11) is 0. The number of para-hydroxylation sites is 2. The van der Waals surface area contributed by atoms with Crippen LogP contribution < -0.4 is 15.8 Å². The fourth-order valence-corrected chi connectivity index (χ4v) is 1.58. The SMILES string of the molecule is CC(C)(C)C1=C(N)Nc2ccccc2O1. The second-order valence-electron chi connectivity index (χ2n) is 4.72. The second kappa shape index (κ2) is 3.19. The van der Waals surface area contributed by atoms with E-state index in [9.17, 15) is 0 Å². The van der Waals surface area contributed by atoms with E-state index < -0.39 is 0 Å². The van der Waals surface area contributed by atoms with Crippen LogP contribution >= 0.6 is 0 Å². The van der Waals surface area contributed by atoms with Gasteiger partial charge in [0.05, 0.1) is 5.69 Å². The number of rotatable bonds is 0. The Bertz CT molecular complexity index is 416. The summed E-state index contributed by atoms with van der Waals surface area (Å²) in [4.78, 5) is 0. The van der Waals surface area contributed by atoms with E-state index in [0.29, 0.717) is 5.82 Å². The molecule has 0 unspecified atom stereocenters. The molecule has 1 aromatic carbocycles. The molecule has 0 aromatic heterocycles. The Kier molecular flexibility index (Phi) is 2.11. The first-order chi connectivity index (χ1) is 6.98. The summed E-state index contributed by atoms with van der Waals surface area (Å²) in [5.74, 6) is 2.22. The van der Waals surface area contributed by atoms with Gasteiger partial charge in [0.25, 0.3) is 0 Å². The third-order valence-electron chi connectivity index (χ3n) is 2.29. The first-order valence-corrected chi connectivity index (χ1v) is 5.02. The number of benzene rings is 1. The number of ether oxygens (including phenoxy) is 1. The molecular weight excluding hydrogens is 188 g/mol. The number of allylic oxidation sites excluding steroid dienone is 1. The van der Waals surface area contributed by atoms with Crippen molar-refractivity contribution in [3.8, 4) is 5.75 Å². The standard InChI is InChI=1S/C12H16N2O/c1-12(2,3)10-11(13)14-8-6-4-5-7-9(8)15-10/h4-7,14H,13H2,1-3H3. The molecule has 15 heavy (non-hydrogen) atoms. The Morgan fingerprint density at radius 2 is 1.87 bits per heavy atom. The smallest absolute Gasteiger partial charge is 0.150 e. The van der Waals surface area contributed by atoms with Crippen LogP contribution in [-0.4, -0.2) is 0 Å². The highest BCUT2D eigenvalue weighted by molar-refractivity contribution is 5.62. The summed E-state index contributed by atoms with van der Waals surface area (Å²) in [6.07, 6.45) is 0. The molecule has 0 fully saturated rings. The Morgan fingerprint density at radius 3 is 2.53 bits per heavy atom. The van der Waals surface area contributed by atoms with Crippen LogP contribution in [0.3, 0.4) is 0 Å². The topological polar surface area (TPSA) is 47.3 Å². The molecule has 3 heteroatoms. The minimum Gasteiger partial charge on any atom is -0.455 e. The average Bonchev–Trinajstić information content (AvgIpc) is 2.15. The molecule has 1 aliphatic heterocycles. The molecule has 3 nitrogen and oxygen atoms in total. The van der Waals surface area contributed by atoms with Crippen molar-refractivity contribution in [3.05, 3.63) is 35.8 Å². The monoisotopic (exact) mass is 204 g/mol. The molecule has 80 valence electrons. The fraction of sp³-hybridized carbons (Fsp3) is 0.333. The molecule has 1 aromatic rings. The molecule has 0 atom stereocenters. The van der Waals surface area contributed by atoms with Crippen molar-refractivity contribution in [1.82, 2.24) is 0 Å². The highest BCUT2D eigenvalue weighted by Crippen LogP contribution is 2.37. The Balaban J connectivity index is 2.40. The Hall–Kier alpha value is -1.64. The van der Waals surface area contributed by atoms with Crippen molar-refractivity contribution < 1.29 is 4.74 Å². The number of nitrogens with two attached hydrogens (primary N) is 1. The molecule has 1 aliphatic rings. The van der Waals surface area contributed by atoms with E-state index in [1.807, 2.05) is 24.3 Å². The van der Waals surface area contributed by atoms with Crippen LogP contribution in [0.1, 0.15) is 20.8 Å². The third-order valence-corrected chi connectivity index (χ3v) is 2.29. The lowest BCUT2D eigenvalue weighted by atomic mass is 9.93. The molecular formula is C12H16N2O. The van der Waals surface area contributed by atoms with Gasteiger partial charge in [-0.25, -0.2) is 0 Å². The van der Waals surface area contributed by atoms with Gasteiger partial charge in [-0.1, -0.05) is 32.9 Å². The minimum absolute atomic E-state index is 0.0926. The second-order valence-corrected chi connectivity index (χ2v) is 4.72. The van der Waals surface area contributed by atoms with Crippen LogP contribution in [0, 0.1) is 5.41 Å². The van der Waals surface area contributed by atoms with Crippen molar-refractivity contribution in [2.24, 2.45) is 11.1 Å². The van der Waals surface area contributed by atoms with E-state index in [-0.39, 0.29) is 5.41 Å². The van der Waals surface area contributed by atoms with Crippen molar-refractivity contribution in [1.29, 1.82) is 0 Å². The van der Waals surface area contributed by atoms with E-state index >= 15 is 0 Å². The van der Waals surface area contributed by atoms with Gasteiger partial charge < -0.3 is 15.8 Å². The summed E-state index contributed by atoms with van der Waals surface area (Å²) in [6.45, 7) is 6.22. The summed E-state index contributed by atoms with van der Waals surface area (Å²) in [5, 5.41) is 3.15. The van der Waals surface area contributed by atoms with Crippen LogP contribution in [-0.2, 0) is 0 Å². The molecule has 0 radical (unpaired) electrons. The summed E-state index contributed by atoms with van der Waals surface area (Å²) < 4.78 is 5.80. The van der Waals surface area contributed by atoms with Crippen LogP contribution in [0.2, 0.25) is 0 Å². The molecule has 1 heterocycles. The highest BCUT2D eigenvalue weighted by atomic mass is 16.5. The Morgan fingerprint density at radius 1 is 1.20 bits per heavy atom. The highest BCUT2D eigenvalue weighted by Gasteiger charge is 2.27. The maximum atomic E-state index is 5.92. The van der Waals surface area contributed by atoms with Gasteiger partial charge >= 0.3 is 0 Å². The lowest BCUT2D eigenvalue weighted by molar-refractivity contribution is 0.284. The van der Waals surface area contributed by atoms with E-state index in [4.69, 9.17) is 10.5 Å². The Labute approximate surface area is 89.9 Å². The molecule has 0 aliphatic carbocycles. The van der Waals surface area contributed by atoms with E-state index in [0.717, 1.165) is 17.2 Å². The van der Waals surface area contributed by atoms with Crippen LogP contribution in [0.4, 0.5) is 5.69 Å². The van der Waals surface area contributed by atoms with Gasteiger partial charge in [0.1, 0.15) is 11.6 Å². The van der Waals surface area contributed by atoms with Crippen molar-refractivity contribution in [3.63, 3.8) is 0 Å². The molecule has 3 N–H and O–H groups in total. The lowest BCUT2D eigenvalue weighted by Gasteiger charge is -2.30. The fourth-order valence-electron chi connectivity index (χ4n) is 1.58. The van der Waals surface area contributed by atoms with Gasteiger partial charge in [0, 0.05) is 5.41 Å². The molecule has 0 saturated heterocycles. The normalized spacial score (nSPS) is 15.4. The summed E-state index contributed by atoms with van der Waals surface area (Å²) in [5.41, 5.74) is 6.75.